The van der Waals surface area contributed by atoms with Crippen LogP contribution in [0, 0.1) is 0 Å². The minimum Gasteiger partial charge on any atom is -0.465 e. The zero-order valence-corrected chi connectivity index (χ0v) is 18.0. The first-order valence-corrected chi connectivity index (χ1v) is 11.0. The molecule has 0 aliphatic carbocycles. The Hall–Kier alpha value is -2.35. The number of rotatable bonds is 6. The van der Waals surface area contributed by atoms with Crippen molar-refractivity contribution in [3.8, 4) is 0 Å². The lowest BCUT2D eigenvalue weighted by Crippen LogP contribution is -2.29. The van der Waals surface area contributed by atoms with Gasteiger partial charge in [0.15, 0.2) is 5.16 Å². The lowest BCUT2D eigenvalue weighted by Gasteiger charge is -2.16. The summed E-state index contributed by atoms with van der Waals surface area (Å²) in [5.41, 5.74) is 1.78. The quantitative estimate of drug-likeness (QED) is 0.320. The standard InChI is InChI=1S/C22H21ClN2O4S/c1-28-21(27)15-6-9-18-19(11-15)24-22(30-13-14-4-7-16(23)8-5-14)25(20(18)26)12-17-3-2-10-29-17/h4-9,11,17H,2-3,10,12-13H2,1H3. The van der Waals surface area contributed by atoms with Gasteiger partial charge in [-0.2, -0.15) is 0 Å². The SMILES string of the molecule is COC(=O)c1ccc2c(=O)n(CC3CCCO3)c(SCc3ccc(Cl)cc3)nc2c1. The number of aromatic nitrogens is 2. The summed E-state index contributed by atoms with van der Waals surface area (Å²) in [6.45, 7) is 1.18. The summed E-state index contributed by atoms with van der Waals surface area (Å²) in [5, 5.41) is 1.75. The summed E-state index contributed by atoms with van der Waals surface area (Å²) in [6.07, 6.45) is 1.93. The molecule has 1 aromatic heterocycles. The summed E-state index contributed by atoms with van der Waals surface area (Å²) in [6, 6.07) is 12.4. The van der Waals surface area contributed by atoms with Gasteiger partial charge in [0.25, 0.3) is 5.56 Å². The van der Waals surface area contributed by atoms with Crippen LogP contribution in [0.3, 0.4) is 0 Å². The van der Waals surface area contributed by atoms with Crippen molar-refractivity contribution in [1.82, 2.24) is 9.55 Å². The average molecular weight is 445 g/mol. The van der Waals surface area contributed by atoms with E-state index in [1.165, 1.54) is 18.9 Å². The van der Waals surface area contributed by atoms with Gasteiger partial charge >= 0.3 is 5.97 Å². The molecule has 1 aliphatic heterocycles. The Labute approximate surface area is 183 Å². The molecule has 0 bridgehead atoms. The van der Waals surface area contributed by atoms with Crippen LogP contribution < -0.4 is 5.56 Å². The van der Waals surface area contributed by atoms with Gasteiger partial charge in [0.1, 0.15) is 0 Å². The zero-order valence-electron chi connectivity index (χ0n) is 16.5. The first-order chi connectivity index (χ1) is 14.5. The molecule has 156 valence electrons. The molecule has 1 fully saturated rings. The van der Waals surface area contributed by atoms with Gasteiger partial charge in [0, 0.05) is 17.4 Å². The minimum absolute atomic E-state index is 0.00572. The van der Waals surface area contributed by atoms with E-state index in [4.69, 9.17) is 26.1 Å². The summed E-state index contributed by atoms with van der Waals surface area (Å²) >= 11 is 7.45. The highest BCUT2D eigenvalue weighted by Gasteiger charge is 2.21. The Morgan fingerprint density at radius 3 is 2.80 bits per heavy atom. The maximum atomic E-state index is 13.3. The third-order valence-electron chi connectivity index (χ3n) is 5.03. The Bertz CT molecular complexity index is 1120. The van der Waals surface area contributed by atoms with Gasteiger partial charge in [-0.15, -0.1) is 0 Å². The van der Waals surface area contributed by atoms with Crippen LogP contribution in [-0.2, 0) is 21.8 Å². The first-order valence-electron chi connectivity index (χ1n) is 9.67. The van der Waals surface area contributed by atoms with E-state index in [9.17, 15) is 9.59 Å². The second-order valence-electron chi connectivity index (χ2n) is 7.08. The number of methoxy groups -OCH3 is 1. The highest BCUT2D eigenvalue weighted by molar-refractivity contribution is 7.98. The largest absolute Gasteiger partial charge is 0.465 e. The normalized spacial score (nSPS) is 16.1. The van der Waals surface area contributed by atoms with Gasteiger partial charge < -0.3 is 9.47 Å². The molecule has 1 aliphatic rings. The molecular weight excluding hydrogens is 424 g/mol. The van der Waals surface area contributed by atoms with Crippen molar-refractivity contribution < 1.29 is 14.3 Å². The monoisotopic (exact) mass is 444 g/mol. The van der Waals surface area contributed by atoms with Crippen LogP contribution in [0.5, 0.6) is 0 Å². The van der Waals surface area contributed by atoms with Gasteiger partial charge in [0.2, 0.25) is 0 Å². The van der Waals surface area contributed by atoms with Crippen LogP contribution in [0.4, 0.5) is 0 Å². The predicted molar refractivity (Wildman–Crippen MR) is 117 cm³/mol. The molecule has 1 atom stereocenters. The third kappa shape index (κ3) is 4.53. The van der Waals surface area contributed by atoms with Crippen LogP contribution in [0.2, 0.25) is 5.02 Å². The van der Waals surface area contributed by atoms with Crippen molar-refractivity contribution in [3.63, 3.8) is 0 Å². The van der Waals surface area contributed by atoms with E-state index in [2.05, 4.69) is 0 Å². The maximum absolute atomic E-state index is 13.3. The molecule has 2 heterocycles. The van der Waals surface area contributed by atoms with Crippen molar-refractivity contribution in [2.24, 2.45) is 0 Å². The molecule has 0 spiro atoms. The Balaban J connectivity index is 1.73. The van der Waals surface area contributed by atoms with E-state index in [0.29, 0.717) is 38.9 Å². The first kappa shape index (κ1) is 20.9. The molecule has 0 amide bonds. The fraction of sp³-hybridized carbons (Fsp3) is 0.318. The molecule has 3 aromatic rings. The van der Waals surface area contributed by atoms with Crippen LogP contribution in [0.15, 0.2) is 52.4 Å². The number of thioether (sulfide) groups is 1. The maximum Gasteiger partial charge on any atom is 0.337 e. The van der Waals surface area contributed by atoms with Crippen molar-refractivity contribution in [2.45, 2.75) is 36.4 Å². The summed E-state index contributed by atoms with van der Waals surface area (Å²) in [4.78, 5) is 29.9. The van der Waals surface area contributed by atoms with Crippen LogP contribution in [0.25, 0.3) is 10.9 Å². The zero-order chi connectivity index (χ0) is 21.1. The highest BCUT2D eigenvalue weighted by atomic mass is 35.5. The predicted octanol–water partition coefficient (Wildman–Crippen LogP) is 4.31. The van der Waals surface area contributed by atoms with E-state index >= 15 is 0 Å². The number of halogens is 1. The van der Waals surface area contributed by atoms with E-state index in [1.807, 2.05) is 24.3 Å². The van der Waals surface area contributed by atoms with E-state index in [1.54, 1.807) is 22.8 Å². The lowest BCUT2D eigenvalue weighted by molar-refractivity contribution is 0.0601. The molecular formula is C22H21ClN2O4S. The highest BCUT2D eigenvalue weighted by Crippen LogP contribution is 2.25. The van der Waals surface area contributed by atoms with Gasteiger partial charge in [0.05, 0.1) is 36.2 Å². The number of ether oxygens (including phenoxy) is 2. The van der Waals surface area contributed by atoms with Crippen LogP contribution in [-0.4, -0.2) is 35.3 Å². The molecule has 6 nitrogen and oxygen atoms in total. The number of benzene rings is 2. The molecule has 8 heteroatoms. The molecule has 2 aromatic carbocycles. The number of fused-ring (bicyclic) bond motifs is 1. The van der Waals surface area contributed by atoms with Gasteiger partial charge in [-0.25, -0.2) is 9.78 Å². The molecule has 0 saturated carbocycles. The van der Waals surface area contributed by atoms with E-state index in [0.717, 1.165) is 25.0 Å². The van der Waals surface area contributed by atoms with Crippen molar-refractivity contribution in [2.75, 3.05) is 13.7 Å². The Morgan fingerprint density at radius 1 is 1.30 bits per heavy atom. The van der Waals surface area contributed by atoms with Crippen molar-refractivity contribution in [3.05, 3.63) is 69.0 Å². The van der Waals surface area contributed by atoms with Gasteiger partial charge in [-0.1, -0.05) is 35.5 Å². The second-order valence-corrected chi connectivity index (χ2v) is 8.46. The third-order valence-corrected chi connectivity index (χ3v) is 6.33. The van der Waals surface area contributed by atoms with E-state index in [-0.39, 0.29) is 11.7 Å². The Morgan fingerprint density at radius 2 is 2.10 bits per heavy atom. The van der Waals surface area contributed by atoms with Crippen LogP contribution >= 0.6 is 23.4 Å². The van der Waals surface area contributed by atoms with Crippen molar-refractivity contribution in [1.29, 1.82) is 0 Å². The smallest absolute Gasteiger partial charge is 0.337 e. The minimum atomic E-state index is -0.461. The van der Waals surface area contributed by atoms with Gasteiger partial charge in [-0.3, -0.25) is 9.36 Å². The number of carbonyl (C=O) groups is 1. The molecule has 0 N–H and O–H groups in total. The molecule has 30 heavy (non-hydrogen) atoms. The van der Waals surface area contributed by atoms with Crippen molar-refractivity contribution >= 4 is 40.2 Å². The van der Waals surface area contributed by atoms with Crippen LogP contribution in [0.1, 0.15) is 28.8 Å². The summed E-state index contributed by atoms with van der Waals surface area (Å²) in [5.74, 6) is 0.176. The molecule has 4 rings (SSSR count). The Kier molecular flexibility index (Phi) is 6.41. The molecule has 1 unspecified atom stereocenters. The number of esters is 1. The number of hydrogen-bond donors (Lipinski definition) is 0. The molecule has 0 radical (unpaired) electrons. The summed E-state index contributed by atoms with van der Waals surface area (Å²) in [7, 11) is 1.33. The second kappa shape index (κ2) is 9.20. The topological polar surface area (TPSA) is 70.4 Å². The number of hydrogen-bond acceptors (Lipinski definition) is 6. The van der Waals surface area contributed by atoms with E-state index < -0.39 is 5.97 Å². The fourth-order valence-electron chi connectivity index (χ4n) is 3.44. The average Bonchev–Trinajstić information content (AvgIpc) is 3.28. The summed E-state index contributed by atoms with van der Waals surface area (Å²) < 4.78 is 12.2. The fourth-order valence-corrected chi connectivity index (χ4v) is 4.53. The molecule has 1 saturated heterocycles. The lowest BCUT2D eigenvalue weighted by atomic mass is 10.1. The number of carbonyl (C=O) groups excluding carboxylic acids is 1. The number of nitrogens with zero attached hydrogens (tertiary/aromatic N) is 2. The van der Waals surface area contributed by atoms with Gasteiger partial charge in [-0.05, 0) is 48.7 Å².